The molecule has 2 rings (SSSR count). The smallest absolute Gasteiger partial charge is 0.110 e. The first-order chi connectivity index (χ1) is 9.53. The van der Waals surface area contributed by atoms with Crippen molar-refractivity contribution in [1.82, 2.24) is 14.9 Å². The Morgan fingerprint density at radius 2 is 1.95 bits per heavy atom. The Balaban J connectivity index is 2.05. The van der Waals surface area contributed by atoms with E-state index in [1.54, 1.807) is 0 Å². The highest BCUT2D eigenvalue weighted by atomic mass is 15.1. The normalized spacial score (nSPS) is 12.2. The molecule has 0 aliphatic rings. The van der Waals surface area contributed by atoms with Gasteiger partial charge in [0.05, 0.1) is 11.0 Å². The Kier molecular flexibility index (Phi) is 4.81. The van der Waals surface area contributed by atoms with Gasteiger partial charge in [0, 0.05) is 13.5 Å². The Hall–Kier alpha value is -1.35. The molecule has 0 radical (unpaired) electrons. The number of nitrogens with zero attached hydrogens (tertiary/aromatic N) is 2. The van der Waals surface area contributed by atoms with Crippen LogP contribution in [0.3, 0.4) is 0 Å². The first kappa shape index (κ1) is 15.0. The van der Waals surface area contributed by atoms with E-state index >= 15 is 0 Å². The van der Waals surface area contributed by atoms with Crippen molar-refractivity contribution < 1.29 is 0 Å². The molecule has 3 heteroatoms. The molecule has 0 saturated heterocycles. The molecule has 0 amide bonds. The summed E-state index contributed by atoms with van der Waals surface area (Å²) in [7, 11) is 2.12. The maximum Gasteiger partial charge on any atom is 0.110 e. The standard InChI is InChI=1S/C17H27N3/c1-5-11-18-12-10-17(2,3)13-16-19-14-8-6-7-9-15(14)20(16)4/h6-9,18H,5,10-13H2,1-4H3. The third-order valence-electron chi connectivity index (χ3n) is 3.92. The SMILES string of the molecule is CCCNCCC(C)(C)Cc1nc2ccccc2n1C. The van der Waals surface area contributed by atoms with Crippen LogP contribution in [0.25, 0.3) is 11.0 Å². The molecule has 0 spiro atoms. The van der Waals surface area contributed by atoms with Crippen LogP contribution >= 0.6 is 0 Å². The molecule has 2 aromatic rings. The van der Waals surface area contributed by atoms with Gasteiger partial charge in [-0.3, -0.25) is 0 Å². The quantitative estimate of drug-likeness (QED) is 0.782. The molecule has 110 valence electrons. The van der Waals surface area contributed by atoms with E-state index in [1.807, 2.05) is 0 Å². The van der Waals surface area contributed by atoms with E-state index in [2.05, 4.69) is 62.0 Å². The minimum Gasteiger partial charge on any atom is -0.331 e. The van der Waals surface area contributed by atoms with Gasteiger partial charge in [-0.15, -0.1) is 0 Å². The summed E-state index contributed by atoms with van der Waals surface area (Å²) in [4.78, 5) is 4.78. The van der Waals surface area contributed by atoms with E-state index < -0.39 is 0 Å². The number of hydrogen-bond donors (Lipinski definition) is 1. The third kappa shape index (κ3) is 3.60. The van der Waals surface area contributed by atoms with E-state index in [4.69, 9.17) is 4.98 Å². The molecule has 1 N–H and O–H groups in total. The molecule has 0 fully saturated rings. The van der Waals surface area contributed by atoms with Crippen LogP contribution in [0.2, 0.25) is 0 Å². The number of rotatable bonds is 7. The molecule has 1 heterocycles. The van der Waals surface area contributed by atoms with Crippen molar-refractivity contribution in [2.45, 2.75) is 40.0 Å². The summed E-state index contributed by atoms with van der Waals surface area (Å²) in [6.45, 7) is 9.07. The van der Waals surface area contributed by atoms with Gasteiger partial charge in [0.15, 0.2) is 0 Å². The van der Waals surface area contributed by atoms with Crippen molar-refractivity contribution in [3.05, 3.63) is 30.1 Å². The van der Waals surface area contributed by atoms with Crippen LogP contribution < -0.4 is 5.32 Å². The van der Waals surface area contributed by atoms with Crippen molar-refractivity contribution in [3.8, 4) is 0 Å². The Bertz CT molecular complexity index is 554. The molecular weight excluding hydrogens is 246 g/mol. The fraction of sp³-hybridized carbons (Fsp3) is 0.588. The number of fused-ring (bicyclic) bond motifs is 1. The van der Waals surface area contributed by atoms with E-state index in [0.717, 1.165) is 25.0 Å². The Morgan fingerprint density at radius 1 is 1.20 bits per heavy atom. The summed E-state index contributed by atoms with van der Waals surface area (Å²) >= 11 is 0. The van der Waals surface area contributed by atoms with Crippen molar-refractivity contribution in [1.29, 1.82) is 0 Å². The van der Waals surface area contributed by atoms with E-state index in [1.165, 1.54) is 24.2 Å². The van der Waals surface area contributed by atoms with Crippen molar-refractivity contribution in [2.24, 2.45) is 12.5 Å². The summed E-state index contributed by atoms with van der Waals surface area (Å²) in [5.41, 5.74) is 2.60. The molecular formula is C17H27N3. The van der Waals surface area contributed by atoms with Crippen molar-refractivity contribution >= 4 is 11.0 Å². The van der Waals surface area contributed by atoms with Gasteiger partial charge in [-0.25, -0.2) is 4.98 Å². The summed E-state index contributed by atoms with van der Waals surface area (Å²) in [6, 6.07) is 8.36. The number of aryl methyl sites for hydroxylation is 1. The van der Waals surface area contributed by atoms with Crippen LogP contribution in [-0.4, -0.2) is 22.6 Å². The van der Waals surface area contributed by atoms with Gasteiger partial charge < -0.3 is 9.88 Å². The molecule has 0 atom stereocenters. The average Bonchev–Trinajstić information content (AvgIpc) is 2.72. The summed E-state index contributed by atoms with van der Waals surface area (Å²) in [5.74, 6) is 1.19. The predicted octanol–water partition coefficient (Wildman–Crippen LogP) is 3.53. The van der Waals surface area contributed by atoms with Crippen LogP contribution in [0.15, 0.2) is 24.3 Å². The summed E-state index contributed by atoms with van der Waals surface area (Å²) < 4.78 is 2.23. The zero-order valence-corrected chi connectivity index (χ0v) is 13.2. The maximum atomic E-state index is 4.78. The van der Waals surface area contributed by atoms with Gasteiger partial charge in [0.1, 0.15) is 5.82 Å². The molecule has 1 aromatic heterocycles. The second-order valence-electron chi connectivity index (χ2n) is 6.42. The lowest BCUT2D eigenvalue weighted by atomic mass is 9.85. The number of aromatic nitrogens is 2. The van der Waals surface area contributed by atoms with Crippen LogP contribution in [-0.2, 0) is 13.5 Å². The van der Waals surface area contributed by atoms with Crippen molar-refractivity contribution in [3.63, 3.8) is 0 Å². The first-order valence-electron chi connectivity index (χ1n) is 7.64. The topological polar surface area (TPSA) is 29.9 Å². The Morgan fingerprint density at radius 3 is 2.65 bits per heavy atom. The van der Waals surface area contributed by atoms with E-state index in [-0.39, 0.29) is 5.41 Å². The molecule has 20 heavy (non-hydrogen) atoms. The molecule has 0 saturated carbocycles. The summed E-state index contributed by atoms with van der Waals surface area (Å²) in [5, 5.41) is 3.49. The lowest BCUT2D eigenvalue weighted by Crippen LogP contribution is -2.25. The monoisotopic (exact) mass is 273 g/mol. The van der Waals surface area contributed by atoms with Gasteiger partial charge in [-0.2, -0.15) is 0 Å². The van der Waals surface area contributed by atoms with Crippen molar-refractivity contribution in [2.75, 3.05) is 13.1 Å². The highest BCUT2D eigenvalue weighted by molar-refractivity contribution is 5.75. The maximum absolute atomic E-state index is 4.78. The fourth-order valence-electron chi connectivity index (χ4n) is 2.60. The number of hydrogen-bond acceptors (Lipinski definition) is 2. The third-order valence-corrected chi connectivity index (χ3v) is 3.92. The van der Waals surface area contributed by atoms with Crippen LogP contribution in [0, 0.1) is 5.41 Å². The zero-order valence-electron chi connectivity index (χ0n) is 13.2. The molecule has 0 aliphatic heterocycles. The lowest BCUT2D eigenvalue weighted by molar-refractivity contribution is 0.316. The van der Waals surface area contributed by atoms with Crippen LogP contribution in [0.1, 0.15) is 39.4 Å². The zero-order chi connectivity index (χ0) is 14.6. The summed E-state index contributed by atoms with van der Waals surface area (Å²) in [6.07, 6.45) is 3.40. The Labute approximate surface area is 122 Å². The highest BCUT2D eigenvalue weighted by Crippen LogP contribution is 2.26. The first-order valence-corrected chi connectivity index (χ1v) is 7.64. The molecule has 0 unspecified atom stereocenters. The number of imidazole rings is 1. The van der Waals surface area contributed by atoms with Gasteiger partial charge in [0.25, 0.3) is 0 Å². The molecule has 1 aromatic carbocycles. The lowest BCUT2D eigenvalue weighted by Gasteiger charge is -2.24. The van der Waals surface area contributed by atoms with Crippen LogP contribution in [0.4, 0.5) is 0 Å². The minimum atomic E-state index is 0.274. The minimum absolute atomic E-state index is 0.274. The van der Waals surface area contributed by atoms with E-state index in [0.29, 0.717) is 0 Å². The number of benzene rings is 1. The average molecular weight is 273 g/mol. The van der Waals surface area contributed by atoms with Gasteiger partial charge in [-0.05, 0) is 43.5 Å². The predicted molar refractivity (Wildman–Crippen MR) is 86.0 cm³/mol. The van der Waals surface area contributed by atoms with E-state index in [9.17, 15) is 0 Å². The van der Waals surface area contributed by atoms with Crippen LogP contribution in [0.5, 0.6) is 0 Å². The molecule has 3 nitrogen and oxygen atoms in total. The number of nitrogens with one attached hydrogen (secondary N) is 1. The van der Waals surface area contributed by atoms with Gasteiger partial charge in [0.2, 0.25) is 0 Å². The second-order valence-corrected chi connectivity index (χ2v) is 6.42. The second kappa shape index (κ2) is 6.40. The largest absolute Gasteiger partial charge is 0.331 e. The van der Waals surface area contributed by atoms with Gasteiger partial charge in [-0.1, -0.05) is 32.9 Å². The molecule has 0 aliphatic carbocycles. The highest BCUT2D eigenvalue weighted by Gasteiger charge is 2.21. The van der Waals surface area contributed by atoms with Gasteiger partial charge >= 0.3 is 0 Å². The fourth-order valence-corrected chi connectivity index (χ4v) is 2.60. The number of para-hydroxylation sites is 2. The molecule has 0 bridgehead atoms.